The van der Waals surface area contributed by atoms with Gasteiger partial charge >= 0.3 is 0 Å². The first kappa shape index (κ1) is 11.1. The summed E-state index contributed by atoms with van der Waals surface area (Å²) in [6, 6.07) is 9.60. The quantitative estimate of drug-likeness (QED) is 0.844. The Morgan fingerprint density at radius 2 is 2.18 bits per heavy atom. The molecule has 0 fully saturated rings. The summed E-state index contributed by atoms with van der Waals surface area (Å²) in [6.45, 7) is 2.01. The second-order valence-corrected chi connectivity index (χ2v) is 3.78. The number of primary amides is 1. The molecule has 0 bridgehead atoms. The van der Waals surface area contributed by atoms with Crippen molar-refractivity contribution in [3.63, 3.8) is 0 Å². The Hall–Kier alpha value is -2.36. The van der Waals surface area contributed by atoms with Gasteiger partial charge in [0.1, 0.15) is 0 Å². The highest BCUT2D eigenvalue weighted by Crippen LogP contribution is 2.20. The summed E-state index contributed by atoms with van der Waals surface area (Å²) >= 11 is 0. The molecule has 0 aliphatic heterocycles. The Morgan fingerprint density at radius 3 is 2.88 bits per heavy atom. The Kier molecular flexibility index (Phi) is 3.05. The smallest absolute Gasteiger partial charge is 0.252 e. The van der Waals surface area contributed by atoms with Gasteiger partial charge in [-0.1, -0.05) is 12.1 Å². The molecule has 1 aromatic heterocycles. The molecule has 0 atom stereocenters. The van der Waals surface area contributed by atoms with Crippen molar-refractivity contribution in [2.45, 2.75) is 6.92 Å². The van der Waals surface area contributed by atoms with E-state index in [4.69, 9.17) is 5.73 Å². The highest BCUT2D eigenvalue weighted by molar-refractivity contribution is 5.98. The fraction of sp³-hybridized carbons (Fsp3) is 0.0769. The molecule has 1 amide bonds. The molecule has 4 nitrogen and oxygen atoms in total. The number of aromatic nitrogens is 1. The maximum atomic E-state index is 11.2. The molecule has 1 heterocycles. The van der Waals surface area contributed by atoms with Crippen LogP contribution in [0.1, 0.15) is 15.9 Å². The molecule has 0 spiro atoms. The number of carbonyl (C=O) groups excluding carboxylic acids is 1. The summed E-state index contributed by atoms with van der Waals surface area (Å²) in [5.41, 5.74) is 8.39. The zero-order valence-electron chi connectivity index (χ0n) is 9.47. The standard InChI is InChI=1S/C13H13N3O/c1-9-3-2-4-10(7-9)16-12-5-6-15-8-11(12)13(14)17/h2-8H,1H3,(H2,14,17)(H,15,16). The second kappa shape index (κ2) is 4.65. The van der Waals surface area contributed by atoms with Crippen molar-refractivity contribution in [1.82, 2.24) is 4.98 Å². The molecule has 0 unspecified atom stereocenters. The van der Waals surface area contributed by atoms with Crippen molar-refractivity contribution in [1.29, 1.82) is 0 Å². The molecule has 17 heavy (non-hydrogen) atoms. The van der Waals surface area contributed by atoms with Gasteiger partial charge in [0.15, 0.2) is 0 Å². The van der Waals surface area contributed by atoms with Crippen molar-refractivity contribution >= 4 is 17.3 Å². The monoisotopic (exact) mass is 227 g/mol. The van der Waals surface area contributed by atoms with E-state index in [-0.39, 0.29) is 0 Å². The summed E-state index contributed by atoms with van der Waals surface area (Å²) in [5.74, 6) is -0.492. The predicted octanol–water partition coefficient (Wildman–Crippen LogP) is 2.23. The number of benzene rings is 1. The Balaban J connectivity index is 2.33. The van der Waals surface area contributed by atoms with E-state index in [1.807, 2.05) is 31.2 Å². The molecule has 1 aromatic carbocycles. The van der Waals surface area contributed by atoms with Crippen molar-refractivity contribution < 1.29 is 4.79 Å². The van der Waals surface area contributed by atoms with Gasteiger partial charge < -0.3 is 11.1 Å². The first-order chi connectivity index (χ1) is 8.16. The SMILES string of the molecule is Cc1cccc(Nc2ccncc2C(N)=O)c1. The number of nitrogens with zero attached hydrogens (tertiary/aromatic N) is 1. The van der Waals surface area contributed by atoms with Crippen LogP contribution in [0.3, 0.4) is 0 Å². The Morgan fingerprint density at radius 1 is 1.35 bits per heavy atom. The van der Waals surface area contributed by atoms with E-state index in [1.165, 1.54) is 6.20 Å². The third kappa shape index (κ3) is 2.60. The molecular weight excluding hydrogens is 214 g/mol. The van der Waals surface area contributed by atoms with E-state index in [0.717, 1.165) is 11.3 Å². The minimum atomic E-state index is -0.492. The average molecular weight is 227 g/mol. The number of amides is 1. The maximum absolute atomic E-state index is 11.2. The lowest BCUT2D eigenvalue weighted by molar-refractivity contribution is 0.100. The normalized spacial score (nSPS) is 9.94. The van der Waals surface area contributed by atoms with Crippen LogP contribution < -0.4 is 11.1 Å². The summed E-state index contributed by atoms with van der Waals surface area (Å²) in [4.78, 5) is 15.1. The number of hydrogen-bond acceptors (Lipinski definition) is 3. The van der Waals surface area contributed by atoms with Gasteiger partial charge in [-0.2, -0.15) is 0 Å². The number of rotatable bonds is 3. The fourth-order valence-electron chi connectivity index (χ4n) is 1.58. The number of nitrogens with two attached hydrogens (primary N) is 1. The lowest BCUT2D eigenvalue weighted by Gasteiger charge is -2.09. The van der Waals surface area contributed by atoms with E-state index < -0.39 is 5.91 Å². The molecule has 3 N–H and O–H groups in total. The van der Waals surface area contributed by atoms with Crippen LogP contribution in [0.4, 0.5) is 11.4 Å². The number of hydrogen-bond donors (Lipinski definition) is 2. The molecule has 86 valence electrons. The van der Waals surface area contributed by atoms with Gasteiger partial charge in [0, 0.05) is 18.1 Å². The predicted molar refractivity (Wildman–Crippen MR) is 67.2 cm³/mol. The molecule has 0 aliphatic rings. The van der Waals surface area contributed by atoms with Gasteiger partial charge in [0.25, 0.3) is 5.91 Å². The van der Waals surface area contributed by atoms with Gasteiger partial charge in [-0.25, -0.2) is 0 Å². The molecule has 0 saturated heterocycles. The van der Waals surface area contributed by atoms with Crippen LogP contribution in [0.5, 0.6) is 0 Å². The molecule has 0 saturated carbocycles. The van der Waals surface area contributed by atoms with Crippen LogP contribution in [0, 0.1) is 6.92 Å². The van der Waals surface area contributed by atoms with Gasteiger partial charge in [-0.15, -0.1) is 0 Å². The Labute approximate surface area is 99.5 Å². The number of pyridine rings is 1. The molecule has 2 rings (SSSR count). The first-order valence-corrected chi connectivity index (χ1v) is 5.24. The van der Waals surface area contributed by atoms with E-state index in [9.17, 15) is 4.79 Å². The molecule has 0 radical (unpaired) electrons. The molecular formula is C13H13N3O. The second-order valence-electron chi connectivity index (χ2n) is 3.78. The van der Waals surface area contributed by atoms with Crippen molar-refractivity contribution in [2.24, 2.45) is 5.73 Å². The highest BCUT2D eigenvalue weighted by Gasteiger charge is 2.07. The van der Waals surface area contributed by atoms with E-state index in [2.05, 4.69) is 10.3 Å². The van der Waals surface area contributed by atoms with Gasteiger partial charge in [0.05, 0.1) is 11.3 Å². The maximum Gasteiger partial charge on any atom is 0.252 e. The number of aryl methyl sites for hydroxylation is 1. The number of nitrogens with one attached hydrogen (secondary N) is 1. The summed E-state index contributed by atoms with van der Waals surface area (Å²) in [7, 11) is 0. The van der Waals surface area contributed by atoms with Crippen LogP contribution in [-0.2, 0) is 0 Å². The van der Waals surface area contributed by atoms with Gasteiger partial charge in [-0.05, 0) is 30.7 Å². The highest BCUT2D eigenvalue weighted by atomic mass is 16.1. The number of anilines is 2. The minimum absolute atomic E-state index is 0.383. The Bertz CT molecular complexity index is 552. The summed E-state index contributed by atoms with van der Waals surface area (Å²) < 4.78 is 0. The van der Waals surface area contributed by atoms with Crippen LogP contribution in [-0.4, -0.2) is 10.9 Å². The number of carbonyl (C=O) groups is 1. The van der Waals surface area contributed by atoms with Crippen molar-refractivity contribution in [3.8, 4) is 0 Å². The lowest BCUT2D eigenvalue weighted by atomic mass is 10.2. The summed E-state index contributed by atoms with van der Waals surface area (Å²) in [6.07, 6.45) is 3.07. The van der Waals surface area contributed by atoms with Crippen LogP contribution in [0.2, 0.25) is 0 Å². The van der Waals surface area contributed by atoms with E-state index in [0.29, 0.717) is 11.3 Å². The first-order valence-electron chi connectivity index (χ1n) is 5.24. The lowest BCUT2D eigenvalue weighted by Crippen LogP contribution is -2.13. The third-order valence-electron chi connectivity index (χ3n) is 2.38. The summed E-state index contributed by atoms with van der Waals surface area (Å²) in [5, 5.41) is 3.15. The van der Waals surface area contributed by atoms with Gasteiger partial charge in [0.2, 0.25) is 0 Å². The van der Waals surface area contributed by atoms with Crippen LogP contribution in [0.25, 0.3) is 0 Å². The molecule has 4 heteroatoms. The molecule has 0 aliphatic carbocycles. The van der Waals surface area contributed by atoms with Crippen LogP contribution >= 0.6 is 0 Å². The van der Waals surface area contributed by atoms with E-state index in [1.54, 1.807) is 12.3 Å². The topological polar surface area (TPSA) is 68.0 Å². The third-order valence-corrected chi connectivity index (χ3v) is 2.38. The fourth-order valence-corrected chi connectivity index (χ4v) is 1.58. The zero-order valence-corrected chi connectivity index (χ0v) is 9.47. The zero-order chi connectivity index (χ0) is 12.3. The van der Waals surface area contributed by atoms with Crippen LogP contribution in [0.15, 0.2) is 42.7 Å². The molecule has 2 aromatic rings. The average Bonchev–Trinajstić information content (AvgIpc) is 2.29. The van der Waals surface area contributed by atoms with E-state index >= 15 is 0 Å². The van der Waals surface area contributed by atoms with Crippen molar-refractivity contribution in [3.05, 3.63) is 53.9 Å². The van der Waals surface area contributed by atoms with Gasteiger partial charge in [-0.3, -0.25) is 9.78 Å². The largest absolute Gasteiger partial charge is 0.365 e. The minimum Gasteiger partial charge on any atom is -0.365 e. The van der Waals surface area contributed by atoms with Crippen molar-refractivity contribution in [2.75, 3.05) is 5.32 Å².